The first-order valence-corrected chi connectivity index (χ1v) is 6.06. The van der Waals surface area contributed by atoms with Gasteiger partial charge < -0.3 is 10.0 Å². The van der Waals surface area contributed by atoms with Crippen LogP contribution >= 0.6 is 0 Å². The summed E-state index contributed by atoms with van der Waals surface area (Å²) in [7, 11) is 0. The van der Waals surface area contributed by atoms with Gasteiger partial charge in [0.2, 0.25) is 0 Å². The molecule has 1 saturated heterocycles. The van der Waals surface area contributed by atoms with Gasteiger partial charge in [0.25, 0.3) is 0 Å². The van der Waals surface area contributed by atoms with Crippen LogP contribution in [-0.4, -0.2) is 23.2 Å². The maximum atomic E-state index is 9.55. The minimum Gasteiger partial charge on any atom is -0.389 e. The first-order chi connectivity index (χ1) is 7.66. The fraction of sp³-hybridized carbons (Fsp3) is 0.615. The lowest BCUT2D eigenvalue weighted by Gasteiger charge is -2.32. The van der Waals surface area contributed by atoms with Gasteiger partial charge in [-0.05, 0) is 43.4 Å². The number of rotatable bonds is 2. The molecule has 0 amide bonds. The molecule has 88 valence electrons. The summed E-state index contributed by atoms with van der Waals surface area (Å²) >= 11 is 0. The normalized spacial score (nSPS) is 23.2. The second-order valence-corrected chi connectivity index (χ2v) is 4.82. The SMILES string of the molecule is CC1CCCN(c2cc([C@H](C)O)ccn2)C1. The molecule has 1 aliphatic rings. The minimum atomic E-state index is -0.413. The van der Waals surface area contributed by atoms with E-state index in [1.165, 1.54) is 12.8 Å². The Bertz CT molecular complexity index is 352. The van der Waals surface area contributed by atoms with Gasteiger partial charge in [-0.3, -0.25) is 0 Å². The lowest BCUT2D eigenvalue weighted by Crippen LogP contribution is -2.34. The Morgan fingerprint density at radius 1 is 1.56 bits per heavy atom. The van der Waals surface area contributed by atoms with Crippen LogP contribution in [0.1, 0.15) is 38.4 Å². The lowest BCUT2D eigenvalue weighted by molar-refractivity contribution is 0.199. The van der Waals surface area contributed by atoms with E-state index in [2.05, 4.69) is 16.8 Å². The van der Waals surface area contributed by atoms with E-state index in [1.54, 1.807) is 13.1 Å². The molecule has 0 bridgehead atoms. The highest BCUT2D eigenvalue weighted by Crippen LogP contribution is 2.23. The van der Waals surface area contributed by atoms with E-state index in [0.29, 0.717) is 0 Å². The molecule has 1 unspecified atom stereocenters. The number of nitrogens with zero attached hydrogens (tertiary/aromatic N) is 2. The maximum Gasteiger partial charge on any atom is 0.128 e. The van der Waals surface area contributed by atoms with Gasteiger partial charge in [-0.1, -0.05) is 6.92 Å². The Labute approximate surface area is 97.1 Å². The number of aliphatic hydroxyl groups excluding tert-OH is 1. The zero-order chi connectivity index (χ0) is 11.5. The van der Waals surface area contributed by atoms with Crippen LogP contribution in [0.5, 0.6) is 0 Å². The van der Waals surface area contributed by atoms with Crippen LogP contribution < -0.4 is 4.90 Å². The molecule has 1 aromatic rings. The Morgan fingerprint density at radius 2 is 2.38 bits per heavy atom. The highest BCUT2D eigenvalue weighted by atomic mass is 16.3. The Hall–Kier alpha value is -1.09. The molecule has 0 aliphatic carbocycles. The third kappa shape index (κ3) is 2.53. The Kier molecular flexibility index (Phi) is 3.44. The van der Waals surface area contributed by atoms with Gasteiger partial charge in [-0.15, -0.1) is 0 Å². The summed E-state index contributed by atoms with van der Waals surface area (Å²) < 4.78 is 0. The predicted molar refractivity (Wildman–Crippen MR) is 65.5 cm³/mol. The second-order valence-electron chi connectivity index (χ2n) is 4.82. The van der Waals surface area contributed by atoms with Gasteiger partial charge in [-0.25, -0.2) is 4.98 Å². The first kappa shape index (κ1) is 11.4. The summed E-state index contributed by atoms with van der Waals surface area (Å²) in [6, 6.07) is 3.88. The van der Waals surface area contributed by atoms with Crippen molar-refractivity contribution in [3.63, 3.8) is 0 Å². The van der Waals surface area contributed by atoms with Crippen molar-refractivity contribution < 1.29 is 5.11 Å². The number of aromatic nitrogens is 1. The van der Waals surface area contributed by atoms with E-state index in [-0.39, 0.29) is 0 Å². The molecule has 1 fully saturated rings. The summed E-state index contributed by atoms with van der Waals surface area (Å²) in [5.74, 6) is 1.75. The summed E-state index contributed by atoms with van der Waals surface area (Å²) in [5.41, 5.74) is 0.947. The van der Waals surface area contributed by atoms with Gasteiger partial charge in [0.1, 0.15) is 5.82 Å². The zero-order valence-corrected chi connectivity index (χ0v) is 10.1. The molecular formula is C13H20N2O. The number of aliphatic hydroxyl groups is 1. The van der Waals surface area contributed by atoms with Crippen molar-refractivity contribution in [1.29, 1.82) is 0 Å². The summed E-state index contributed by atoms with van der Waals surface area (Å²) in [6.07, 6.45) is 3.93. The molecular weight excluding hydrogens is 200 g/mol. The van der Waals surface area contributed by atoms with Crippen molar-refractivity contribution in [3.8, 4) is 0 Å². The van der Waals surface area contributed by atoms with Crippen molar-refractivity contribution >= 4 is 5.82 Å². The molecule has 0 saturated carbocycles. The summed E-state index contributed by atoms with van der Waals surface area (Å²) in [5, 5.41) is 9.55. The van der Waals surface area contributed by atoms with Gasteiger partial charge >= 0.3 is 0 Å². The lowest BCUT2D eigenvalue weighted by atomic mass is 10.0. The van der Waals surface area contributed by atoms with Crippen LogP contribution in [-0.2, 0) is 0 Å². The number of piperidine rings is 1. The Morgan fingerprint density at radius 3 is 3.06 bits per heavy atom. The second kappa shape index (κ2) is 4.83. The molecule has 2 rings (SSSR count). The highest BCUT2D eigenvalue weighted by molar-refractivity contribution is 5.42. The maximum absolute atomic E-state index is 9.55. The molecule has 1 aromatic heterocycles. The van der Waals surface area contributed by atoms with Crippen LogP contribution in [0.15, 0.2) is 18.3 Å². The number of anilines is 1. The number of hydrogen-bond acceptors (Lipinski definition) is 3. The van der Waals surface area contributed by atoms with Gasteiger partial charge in [0.15, 0.2) is 0 Å². The minimum absolute atomic E-state index is 0.413. The van der Waals surface area contributed by atoms with Gasteiger partial charge in [0, 0.05) is 19.3 Å². The summed E-state index contributed by atoms with van der Waals surface area (Å²) in [4.78, 5) is 6.71. The smallest absolute Gasteiger partial charge is 0.128 e. The van der Waals surface area contributed by atoms with E-state index >= 15 is 0 Å². The first-order valence-electron chi connectivity index (χ1n) is 6.06. The van der Waals surface area contributed by atoms with E-state index in [1.807, 2.05) is 12.1 Å². The average molecular weight is 220 g/mol. The average Bonchev–Trinajstić information content (AvgIpc) is 2.29. The topological polar surface area (TPSA) is 36.4 Å². The van der Waals surface area contributed by atoms with Crippen molar-refractivity contribution in [2.75, 3.05) is 18.0 Å². The Balaban J connectivity index is 2.16. The quantitative estimate of drug-likeness (QED) is 0.831. The van der Waals surface area contributed by atoms with E-state index in [0.717, 1.165) is 30.4 Å². The number of hydrogen-bond donors (Lipinski definition) is 1. The molecule has 16 heavy (non-hydrogen) atoms. The molecule has 0 aromatic carbocycles. The third-order valence-electron chi connectivity index (χ3n) is 3.23. The van der Waals surface area contributed by atoms with Crippen molar-refractivity contribution in [2.45, 2.75) is 32.8 Å². The molecule has 3 nitrogen and oxygen atoms in total. The molecule has 2 heterocycles. The van der Waals surface area contributed by atoms with E-state index in [9.17, 15) is 5.11 Å². The highest BCUT2D eigenvalue weighted by Gasteiger charge is 2.17. The fourth-order valence-corrected chi connectivity index (χ4v) is 2.26. The fourth-order valence-electron chi connectivity index (χ4n) is 2.26. The van der Waals surface area contributed by atoms with Crippen molar-refractivity contribution in [3.05, 3.63) is 23.9 Å². The predicted octanol–water partition coefficient (Wildman–Crippen LogP) is 2.37. The van der Waals surface area contributed by atoms with Crippen LogP contribution in [0, 0.1) is 5.92 Å². The number of pyridine rings is 1. The molecule has 0 spiro atoms. The molecule has 2 atom stereocenters. The monoisotopic (exact) mass is 220 g/mol. The van der Waals surface area contributed by atoms with Crippen LogP contribution in [0.2, 0.25) is 0 Å². The molecule has 0 radical (unpaired) electrons. The molecule has 3 heteroatoms. The van der Waals surface area contributed by atoms with Gasteiger partial charge in [0.05, 0.1) is 6.10 Å². The van der Waals surface area contributed by atoms with Crippen molar-refractivity contribution in [2.24, 2.45) is 5.92 Å². The van der Waals surface area contributed by atoms with Gasteiger partial charge in [-0.2, -0.15) is 0 Å². The van der Waals surface area contributed by atoms with Crippen LogP contribution in [0.25, 0.3) is 0 Å². The third-order valence-corrected chi connectivity index (χ3v) is 3.23. The molecule has 1 aliphatic heterocycles. The van der Waals surface area contributed by atoms with E-state index in [4.69, 9.17) is 0 Å². The largest absolute Gasteiger partial charge is 0.389 e. The zero-order valence-electron chi connectivity index (χ0n) is 10.1. The van der Waals surface area contributed by atoms with Crippen LogP contribution in [0.3, 0.4) is 0 Å². The molecule has 1 N–H and O–H groups in total. The van der Waals surface area contributed by atoms with Crippen molar-refractivity contribution in [1.82, 2.24) is 4.98 Å². The summed E-state index contributed by atoms with van der Waals surface area (Å²) in [6.45, 7) is 6.24. The van der Waals surface area contributed by atoms with Crippen LogP contribution in [0.4, 0.5) is 5.82 Å². The standard InChI is InChI=1S/C13H20N2O/c1-10-4-3-7-15(9-10)13-8-12(11(2)16)5-6-14-13/h5-6,8,10-11,16H,3-4,7,9H2,1-2H3/t10?,11-/m0/s1. The van der Waals surface area contributed by atoms with E-state index < -0.39 is 6.10 Å².